The molecule has 0 heterocycles. The van der Waals surface area contributed by atoms with Crippen LogP contribution in [0.25, 0.3) is 0 Å². The Kier molecular flexibility index (Phi) is 7.83. The van der Waals surface area contributed by atoms with Crippen LogP contribution in [0.4, 0.5) is 0 Å². The molecule has 0 aliphatic rings. The number of benzene rings is 2. The summed E-state index contributed by atoms with van der Waals surface area (Å²) in [5.74, 6) is -2.24. The van der Waals surface area contributed by atoms with Crippen LogP contribution in [0.3, 0.4) is 0 Å². The summed E-state index contributed by atoms with van der Waals surface area (Å²) in [6.07, 6.45) is 1.69. The van der Waals surface area contributed by atoms with Crippen molar-refractivity contribution in [1.29, 1.82) is 0 Å². The van der Waals surface area contributed by atoms with Crippen molar-refractivity contribution in [2.24, 2.45) is 0 Å². The lowest BCUT2D eigenvalue weighted by Crippen LogP contribution is -2.05. The van der Waals surface area contributed by atoms with Gasteiger partial charge < -0.3 is 19.7 Å². The second-order valence-corrected chi connectivity index (χ2v) is 7.03. The molecule has 28 heavy (non-hydrogen) atoms. The zero-order chi connectivity index (χ0) is 20.8. The lowest BCUT2D eigenvalue weighted by molar-refractivity contribution is -0.141. The zero-order valence-electron chi connectivity index (χ0n) is 13.9. The van der Waals surface area contributed by atoms with E-state index in [4.69, 9.17) is 55.9 Å². The molecule has 6 nitrogen and oxygen atoms in total. The van der Waals surface area contributed by atoms with Crippen LogP contribution in [-0.2, 0) is 32.3 Å². The van der Waals surface area contributed by atoms with E-state index < -0.39 is 11.9 Å². The largest absolute Gasteiger partial charge is 0.506 e. The lowest BCUT2D eigenvalue weighted by atomic mass is 10.2. The van der Waals surface area contributed by atoms with Crippen LogP contribution in [0, 0.1) is 0 Å². The maximum atomic E-state index is 11.7. The van der Waals surface area contributed by atoms with E-state index in [1.807, 2.05) is 0 Å². The Bertz CT molecular complexity index is 867. The fourth-order valence-corrected chi connectivity index (χ4v) is 3.06. The van der Waals surface area contributed by atoms with Crippen LogP contribution in [0.2, 0.25) is 20.1 Å². The van der Waals surface area contributed by atoms with Crippen LogP contribution >= 0.6 is 46.4 Å². The summed E-state index contributed by atoms with van der Waals surface area (Å²) in [6.45, 7) is -0.613. The van der Waals surface area contributed by atoms with E-state index in [9.17, 15) is 19.8 Å². The Balaban J connectivity index is 1.88. The molecule has 0 saturated carbocycles. The van der Waals surface area contributed by atoms with Gasteiger partial charge in [-0.1, -0.05) is 46.4 Å². The van der Waals surface area contributed by atoms with Crippen LogP contribution in [0.15, 0.2) is 36.4 Å². The summed E-state index contributed by atoms with van der Waals surface area (Å²) in [4.78, 5) is 23.4. The van der Waals surface area contributed by atoms with E-state index in [0.717, 1.165) is 12.2 Å². The number of aromatic hydroxyl groups is 2. The van der Waals surface area contributed by atoms with Crippen molar-refractivity contribution in [3.63, 3.8) is 0 Å². The molecule has 0 bridgehead atoms. The second kappa shape index (κ2) is 9.89. The molecule has 0 aliphatic heterocycles. The highest BCUT2D eigenvalue weighted by Gasteiger charge is 2.11. The van der Waals surface area contributed by atoms with E-state index in [1.165, 1.54) is 24.3 Å². The van der Waals surface area contributed by atoms with E-state index in [-0.39, 0.29) is 55.9 Å². The molecule has 0 amide bonds. The summed E-state index contributed by atoms with van der Waals surface area (Å²) >= 11 is 23.2. The van der Waals surface area contributed by atoms with Crippen LogP contribution in [0.1, 0.15) is 11.1 Å². The topological polar surface area (TPSA) is 93.1 Å². The molecule has 2 aromatic rings. The number of carbonyl (C=O) groups is 2. The van der Waals surface area contributed by atoms with E-state index >= 15 is 0 Å². The minimum atomic E-state index is -0.860. The van der Waals surface area contributed by atoms with Gasteiger partial charge in [-0.05, 0) is 24.3 Å². The quantitative estimate of drug-likeness (QED) is 0.457. The molecule has 0 aliphatic carbocycles. The van der Waals surface area contributed by atoms with Gasteiger partial charge in [-0.2, -0.15) is 0 Å². The zero-order valence-corrected chi connectivity index (χ0v) is 16.9. The van der Waals surface area contributed by atoms with Crippen molar-refractivity contribution < 1.29 is 29.3 Å². The number of hydrogen-bond acceptors (Lipinski definition) is 6. The molecule has 0 atom stereocenters. The molecule has 148 valence electrons. The van der Waals surface area contributed by atoms with Gasteiger partial charge in [0.25, 0.3) is 0 Å². The molecular weight excluding hydrogens is 454 g/mol. The third-order valence-electron chi connectivity index (χ3n) is 3.31. The number of phenolic OH excluding ortho intramolecular Hbond substituents is 2. The third-order valence-corrected chi connectivity index (χ3v) is 4.32. The molecule has 2 rings (SSSR count). The first-order chi connectivity index (χ1) is 13.2. The van der Waals surface area contributed by atoms with Gasteiger partial charge in [-0.15, -0.1) is 0 Å². The van der Waals surface area contributed by atoms with Gasteiger partial charge in [-0.25, -0.2) is 9.59 Å². The van der Waals surface area contributed by atoms with Crippen molar-refractivity contribution in [1.82, 2.24) is 0 Å². The molecule has 0 saturated heterocycles. The highest BCUT2D eigenvalue weighted by molar-refractivity contribution is 6.36. The fourth-order valence-electron chi connectivity index (χ4n) is 1.99. The molecule has 10 heteroatoms. The van der Waals surface area contributed by atoms with E-state index in [1.54, 1.807) is 0 Å². The first-order valence-electron chi connectivity index (χ1n) is 7.52. The van der Waals surface area contributed by atoms with Crippen molar-refractivity contribution in [2.45, 2.75) is 13.2 Å². The number of rotatable bonds is 6. The number of ether oxygens (including phenoxy) is 2. The highest BCUT2D eigenvalue weighted by Crippen LogP contribution is 2.32. The highest BCUT2D eigenvalue weighted by atomic mass is 35.5. The van der Waals surface area contributed by atoms with Crippen molar-refractivity contribution >= 4 is 58.3 Å². The number of hydrogen-bond donors (Lipinski definition) is 2. The number of esters is 2. The Hall–Kier alpha value is -2.12. The molecule has 2 aromatic carbocycles. The molecule has 0 aromatic heterocycles. The standard InChI is InChI=1S/C18H12Cl4O6/c19-11-3-9(17(25)13(21)5-11)7-27-15(23)1-2-16(24)28-8-10-4-12(20)6-14(22)18(10)26/h1-6,25-26H,7-8H2/b2-1+. The summed E-state index contributed by atoms with van der Waals surface area (Å²) in [6, 6.07) is 5.45. The molecule has 2 N–H and O–H groups in total. The van der Waals surface area contributed by atoms with Gasteiger partial charge in [0.1, 0.15) is 24.7 Å². The van der Waals surface area contributed by atoms with Crippen LogP contribution < -0.4 is 0 Å². The molecule has 0 fully saturated rings. The predicted octanol–water partition coefficient (Wildman–Crippen LogP) is 5.05. The van der Waals surface area contributed by atoms with Gasteiger partial charge in [0.2, 0.25) is 0 Å². The van der Waals surface area contributed by atoms with Crippen molar-refractivity contribution in [3.8, 4) is 11.5 Å². The predicted molar refractivity (Wildman–Crippen MR) is 105 cm³/mol. The lowest BCUT2D eigenvalue weighted by Gasteiger charge is -2.08. The second-order valence-electron chi connectivity index (χ2n) is 5.34. The Labute approximate surface area is 179 Å². The SMILES string of the molecule is O=C(/C=C/C(=O)OCc1cc(Cl)cc(Cl)c1O)OCc1cc(Cl)cc(Cl)c1O. The normalized spacial score (nSPS) is 10.9. The molecule has 0 radical (unpaired) electrons. The molecule has 0 spiro atoms. The molecule has 0 unspecified atom stereocenters. The van der Waals surface area contributed by atoms with Gasteiger partial charge in [0, 0.05) is 33.3 Å². The maximum absolute atomic E-state index is 11.7. The average Bonchev–Trinajstić information content (AvgIpc) is 2.63. The summed E-state index contributed by atoms with van der Waals surface area (Å²) in [5, 5.41) is 20.1. The first-order valence-corrected chi connectivity index (χ1v) is 9.04. The Morgan fingerprint density at radius 2 is 1.11 bits per heavy atom. The van der Waals surface area contributed by atoms with Gasteiger partial charge in [0.05, 0.1) is 10.0 Å². The summed E-state index contributed by atoms with van der Waals surface area (Å²) in [5.41, 5.74) is 0.408. The number of carbonyl (C=O) groups excluding carboxylic acids is 2. The van der Waals surface area contributed by atoms with Gasteiger partial charge in [-0.3, -0.25) is 0 Å². The minimum Gasteiger partial charge on any atom is -0.506 e. The molecular formula is C18H12Cl4O6. The van der Waals surface area contributed by atoms with Gasteiger partial charge in [0.15, 0.2) is 0 Å². The first kappa shape index (κ1) is 22.2. The monoisotopic (exact) mass is 464 g/mol. The maximum Gasteiger partial charge on any atom is 0.331 e. The number of phenols is 2. The van der Waals surface area contributed by atoms with Gasteiger partial charge >= 0.3 is 11.9 Å². The van der Waals surface area contributed by atoms with E-state index in [0.29, 0.717) is 0 Å². The number of halogens is 4. The Morgan fingerprint density at radius 1 is 0.750 bits per heavy atom. The smallest absolute Gasteiger partial charge is 0.331 e. The van der Waals surface area contributed by atoms with E-state index in [2.05, 4.69) is 0 Å². The van der Waals surface area contributed by atoms with Crippen molar-refractivity contribution in [3.05, 3.63) is 67.6 Å². The average molecular weight is 466 g/mol. The fraction of sp³-hybridized carbons (Fsp3) is 0.111. The van der Waals surface area contributed by atoms with Crippen LogP contribution in [-0.4, -0.2) is 22.2 Å². The van der Waals surface area contributed by atoms with Crippen molar-refractivity contribution in [2.75, 3.05) is 0 Å². The summed E-state index contributed by atoms with van der Waals surface area (Å²) < 4.78 is 9.79. The van der Waals surface area contributed by atoms with Crippen LogP contribution in [0.5, 0.6) is 11.5 Å². The minimum absolute atomic E-state index is 0.0158. The third kappa shape index (κ3) is 6.21. The summed E-state index contributed by atoms with van der Waals surface area (Å²) in [7, 11) is 0. The Morgan fingerprint density at radius 3 is 1.46 bits per heavy atom.